The number of para-hydroxylation sites is 2. The number of benzene rings is 14. The van der Waals surface area contributed by atoms with Gasteiger partial charge in [0.25, 0.3) is 0 Å². The summed E-state index contributed by atoms with van der Waals surface area (Å²) in [5.41, 5.74) is 11.9. The van der Waals surface area contributed by atoms with Crippen LogP contribution < -0.4 is 9.80 Å². The predicted molar refractivity (Wildman–Crippen MR) is 321 cm³/mol. The molecule has 0 spiro atoms. The average Bonchev–Trinajstić information content (AvgIpc) is 4.16. The highest BCUT2D eigenvalue weighted by molar-refractivity contribution is 6.31. The summed E-state index contributed by atoms with van der Waals surface area (Å²) in [7, 11) is 0. The van der Waals surface area contributed by atoms with Crippen molar-refractivity contribution in [2.75, 3.05) is 9.80 Å². The van der Waals surface area contributed by atoms with Crippen molar-refractivity contribution < 1.29 is 8.83 Å². The minimum absolute atomic E-state index is 0.853. The van der Waals surface area contributed by atoms with Crippen LogP contribution in [-0.4, -0.2) is 0 Å². The Balaban J connectivity index is 0.921. The molecule has 16 aromatic rings. The van der Waals surface area contributed by atoms with Crippen LogP contribution in [0.1, 0.15) is 0 Å². The highest BCUT2D eigenvalue weighted by atomic mass is 16.3. The molecule has 2 aromatic heterocycles. The van der Waals surface area contributed by atoms with Gasteiger partial charge in [0.2, 0.25) is 0 Å². The van der Waals surface area contributed by atoms with E-state index in [1.807, 2.05) is 0 Å². The Morgan fingerprint density at radius 2 is 0.553 bits per heavy atom. The summed E-state index contributed by atoms with van der Waals surface area (Å²) in [6.45, 7) is 0. The minimum Gasteiger partial charge on any atom is -0.454 e. The van der Waals surface area contributed by atoms with E-state index in [2.05, 4.69) is 277 Å². The molecule has 0 N–H and O–H groups in total. The molecule has 4 heteroatoms. The predicted octanol–water partition coefficient (Wildman–Crippen LogP) is 21.0. The molecule has 0 aliphatic heterocycles. The zero-order valence-electron chi connectivity index (χ0n) is 41.1. The van der Waals surface area contributed by atoms with Gasteiger partial charge in [-0.25, -0.2) is 0 Å². The summed E-state index contributed by atoms with van der Waals surface area (Å²) < 4.78 is 14.2. The lowest BCUT2D eigenvalue weighted by Crippen LogP contribution is -2.11. The molecule has 0 aliphatic carbocycles. The maximum atomic E-state index is 7.10. The molecule has 0 saturated carbocycles. The van der Waals surface area contributed by atoms with Crippen molar-refractivity contribution in [3.05, 3.63) is 267 Å². The first kappa shape index (κ1) is 42.4. The van der Waals surface area contributed by atoms with Crippen molar-refractivity contribution in [1.82, 2.24) is 0 Å². The lowest BCUT2D eigenvalue weighted by atomic mass is 9.91. The van der Waals surface area contributed by atoms with Crippen molar-refractivity contribution in [2.45, 2.75) is 0 Å². The van der Waals surface area contributed by atoms with Crippen LogP contribution in [0.15, 0.2) is 276 Å². The van der Waals surface area contributed by atoms with Crippen LogP contribution in [0.3, 0.4) is 0 Å². The molecule has 0 saturated heterocycles. The Morgan fingerprint density at radius 1 is 0.224 bits per heavy atom. The van der Waals surface area contributed by atoms with Gasteiger partial charge in [0.1, 0.15) is 11.2 Å². The first-order valence-electron chi connectivity index (χ1n) is 26.0. The van der Waals surface area contributed by atoms with Gasteiger partial charge in [-0.1, -0.05) is 206 Å². The molecule has 0 bridgehead atoms. The lowest BCUT2D eigenvalue weighted by Gasteiger charge is -2.29. The van der Waals surface area contributed by atoms with Gasteiger partial charge >= 0.3 is 0 Å². The number of anilines is 6. The Morgan fingerprint density at radius 3 is 0.961 bits per heavy atom. The molecule has 354 valence electrons. The van der Waals surface area contributed by atoms with Gasteiger partial charge in [-0.3, -0.25) is 0 Å². The molecular weight excluding hydrogens is 925 g/mol. The molecule has 2 heterocycles. The van der Waals surface area contributed by atoms with E-state index < -0.39 is 0 Å². The topological polar surface area (TPSA) is 32.8 Å². The van der Waals surface area contributed by atoms with Crippen LogP contribution in [-0.2, 0) is 0 Å². The summed E-state index contributed by atoms with van der Waals surface area (Å²) in [4.78, 5) is 4.80. The molecular formula is C72H44N2O2. The molecule has 16 rings (SSSR count). The standard InChI is InChI=1S/C72H44N2O2/c1-3-23-49(24-4-1)73(63-43-47-21-9-13-29-53(47)69-67-51-27-11-7-19-45(51)35-41-65(67)75-71(63)69)61-39-37-57(55-31-15-17-33-59(55)61)58-38-40-62(60-34-18-16-32-56(58)60)74(50-25-5-2-6-26-50)64-44-48-22-10-14-30-54(48)70-68-52-28-12-8-20-46(52)36-42-66(68)76-72(64)70/h1-44H. The molecule has 0 atom stereocenters. The van der Waals surface area contributed by atoms with Crippen LogP contribution in [0, 0.1) is 0 Å². The second-order valence-corrected chi connectivity index (χ2v) is 19.9. The van der Waals surface area contributed by atoms with E-state index in [-0.39, 0.29) is 0 Å². The second kappa shape index (κ2) is 16.7. The smallest absolute Gasteiger partial charge is 0.160 e. The van der Waals surface area contributed by atoms with Crippen LogP contribution in [0.4, 0.5) is 34.1 Å². The van der Waals surface area contributed by atoms with Crippen molar-refractivity contribution in [1.29, 1.82) is 0 Å². The quantitative estimate of drug-likeness (QED) is 0.159. The fraction of sp³-hybridized carbons (Fsp3) is 0. The van der Waals surface area contributed by atoms with E-state index in [4.69, 9.17) is 8.83 Å². The van der Waals surface area contributed by atoms with Crippen LogP contribution >= 0.6 is 0 Å². The highest BCUT2D eigenvalue weighted by Crippen LogP contribution is 2.52. The van der Waals surface area contributed by atoms with Gasteiger partial charge in [-0.15, -0.1) is 0 Å². The highest BCUT2D eigenvalue weighted by Gasteiger charge is 2.27. The number of rotatable bonds is 7. The van der Waals surface area contributed by atoms with Gasteiger partial charge in [-0.05, 0) is 126 Å². The third kappa shape index (κ3) is 6.31. The lowest BCUT2D eigenvalue weighted by molar-refractivity contribution is 0.669. The molecule has 0 radical (unpaired) electrons. The first-order valence-corrected chi connectivity index (χ1v) is 26.0. The number of hydrogen-bond acceptors (Lipinski definition) is 4. The van der Waals surface area contributed by atoms with E-state index >= 15 is 0 Å². The van der Waals surface area contributed by atoms with Crippen molar-refractivity contribution >= 4 is 143 Å². The summed E-state index contributed by atoms with van der Waals surface area (Å²) in [6.07, 6.45) is 0. The van der Waals surface area contributed by atoms with E-state index in [0.717, 1.165) is 121 Å². The summed E-state index contributed by atoms with van der Waals surface area (Å²) in [5.74, 6) is 0. The van der Waals surface area contributed by atoms with E-state index in [9.17, 15) is 0 Å². The fourth-order valence-corrected chi connectivity index (χ4v) is 12.5. The number of furan rings is 2. The van der Waals surface area contributed by atoms with Crippen LogP contribution in [0.5, 0.6) is 0 Å². The Labute approximate surface area is 437 Å². The average molecular weight is 969 g/mol. The zero-order valence-corrected chi connectivity index (χ0v) is 41.1. The number of nitrogens with zero attached hydrogens (tertiary/aromatic N) is 2. The van der Waals surface area contributed by atoms with Crippen molar-refractivity contribution in [3.8, 4) is 11.1 Å². The van der Waals surface area contributed by atoms with Gasteiger partial charge < -0.3 is 18.6 Å². The van der Waals surface area contributed by atoms with Crippen LogP contribution in [0.2, 0.25) is 0 Å². The Kier molecular flexibility index (Phi) is 9.30. The first-order chi connectivity index (χ1) is 37.7. The van der Waals surface area contributed by atoms with Crippen molar-refractivity contribution in [2.24, 2.45) is 0 Å². The number of fused-ring (bicyclic) bond motifs is 16. The Hall–Kier alpha value is -10.2. The maximum Gasteiger partial charge on any atom is 0.160 e. The monoisotopic (exact) mass is 968 g/mol. The zero-order chi connectivity index (χ0) is 49.8. The fourth-order valence-electron chi connectivity index (χ4n) is 12.5. The molecule has 0 amide bonds. The van der Waals surface area contributed by atoms with Gasteiger partial charge in [-0.2, -0.15) is 0 Å². The molecule has 76 heavy (non-hydrogen) atoms. The maximum absolute atomic E-state index is 7.10. The Bertz CT molecular complexity index is 4700. The second-order valence-electron chi connectivity index (χ2n) is 19.9. The van der Waals surface area contributed by atoms with Gasteiger partial charge in [0, 0.05) is 43.7 Å². The molecule has 0 unspecified atom stereocenters. The third-order valence-corrected chi connectivity index (χ3v) is 15.8. The van der Waals surface area contributed by atoms with E-state index in [1.165, 1.54) is 32.3 Å². The van der Waals surface area contributed by atoms with Gasteiger partial charge in [0.15, 0.2) is 11.2 Å². The normalized spacial score (nSPS) is 11.9. The molecule has 4 nitrogen and oxygen atoms in total. The molecule has 0 fully saturated rings. The van der Waals surface area contributed by atoms with Crippen molar-refractivity contribution in [3.63, 3.8) is 0 Å². The van der Waals surface area contributed by atoms with Gasteiger partial charge in [0.05, 0.1) is 22.7 Å². The van der Waals surface area contributed by atoms with E-state index in [1.54, 1.807) is 0 Å². The van der Waals surface area contributed by atoms with Crippen LogP contribution in [0.25, 0.3) is 120 Å². The van der Waals surface area contributed by atoms with E-state index in [0.29, 0.717) is 0 Å². The number of hydrogen-bond donors (Lipinski definition) is 0. The summed E-state index contributed by atoms with van der Waals surface area (Å²) >= 11 is 0. The third-order valence-electron chi connectivity index (χ3n) is 15.8. The summed E-state index contributed by atoms with van der Waals surface area (Å²) in [5, 5.41) is 18.4. The largest absolute Gasteiger partial charge is 0.454 e. The molecule has 0 aliphatic rings. The summed E-state index contributed by atoms with van der Waals surface area (Å²) in [6, 6.07) is 96.3. The SMILES string of the molecule is c1ccc(N(c2ccc(-c3ccc(N(c4ccccc4)c4cc5ccccc5c5c4oc4ccc6ccccc6c45)c4ccccc34)c3ccccc23)c2cc3ccccc3c3c2oc2ccc4ccccc4c23)cc1. The molecule has 14 aromatic carbocycles. The minimum atomic E-state index is 0.853.